The second-order valence-electron chi connectivity index (χ2n) is 3.42. The number of benzene rings is 1. The Hall–Kier alpha value is -1.31. The molecule has 70 valence electrons. The van der Waals surface area contributed by atoms with Crippen molar-refractivity contribution in [3.63, 3.8) is 0 Å². The molecule has 0 aromatic heterocycles. The maximum atomic E-state index is 11.4. The summed E-state index contributed by atoms with van der Waals surface area (Å²) in [4.78, 5) is 14.9. The first-order valence-electron chi connectivity index (χ1n) is 4.50. The van der Waals surface area contributed by atoms with Gasteiger partial charge in [-0.3, -0.25) is 4.79 Å². The third-order valence-corrected chi connectivity index (χ3v) is 2.65. The van der Waals surface area contributed by atoms with Gasteiger partial charge in [0.1, 0.15) is 0 Å². The average molecular weight is 203 g/mol. The molecular formula is C11H9NOS. The molecule has 0 spiro atoms. The van der Waals surface area contributed by atoms with Crippen LogP contribution in [0.2, 0.25) is 0 Å². The van der Waals surface area contributed by atoms with Crippen LogP contribution in [0.3, 0.4) is 0 Å². The van der Waals surface area contributed by atoms with Gasteiger partial charge in [-0.1, -0.05) is 24.3 Å². The Morgan fingerprint density at radius 3 is 2.43 bits per heavy atom. The van der Waals surface area contributed by atoms with Crippen LogP contribution in [0.5, 0.6) is 0 Å². The van der Waals surface area contributed by atoms with E-state index in [1.807, 2.05) is 12.1 Å². The summed E-state index contributed by atoms with van der Waals surface area (Å²) in [5, 5.41) is 2.13. The van der Waals surface area contributed by atoms with Crippen LogP contribution in [0.15, 0.2) is 29.3 Å². The summed E-state index contributed by atoms with van der Waals surface area (Å²) in [6, 6.07) is 8.11. The zero-order valence-electron chi connectivity index (χ0n) is 7.56. The van der Waals surface area contributed by atoms with E-state index >= 15 is 0 Å². The van der Waals surface area contributed by atoms with Gasteiger partial charge in [0, 0.05) is 5.92 Å². The van der Waals surface area contributed by atoms with E-state index in [1.54, 1.807) is 0 Å². The van der Waals surface area contributed by atoms with Gasteiger partial charge >= 0.3 is 0 Å². The van der Waals surface area contributed by atoms with Crippen molar-refractivity contribution in [2.24, 2.45) is 10.9 Å². The lowest BCUT2D eigenvalue weighted by atomic mass is 10.1. The first-order chi connectivity index (χ1) is 6.81. The number of isothiocyanates is 1. The third kappa shape index (κ3) is 1.65. The molecule has 0 heterocycles. The monoisotopic (exact) mass is 203 g/mol. The number of nitrogens with zero attached hydrogens (tertiary/aromatic N) is 1. The summed E-state index contributed by atoms with van der Waals surface area (Å²) in [5.74, 6) is -0.168. The molecule has 1 amide bonds. The van der Waals surface area contributed by atoms with Gasteiger partial charge in [0.2, 0.25) is 0 Å². The highest BCUT2D eigenvalue weighted by Crippen LogP contribution is 2.26. The first-order valence-corrected chi connectivity index (χ1v) is 4.90. The molecule has 1 aromatic rings. The summed E-state index contributed by atoms with van der Waals surface area (Å²) in [6.07, 6.45) is 1.57. The zero-order chi connectivity index (χ0) is 9.97. The van der Waals surface area contributed by atoms with Crippen LogP contribution in [-0.2, 0) is 17.6 Å². The second kappa shape index (κ2) is 3.82. The van der Waals surface area contributed by atoms with Crippen LogP contribution in [-0.4, -0.2) is 11.1 Å². The van der Waals surface area contributed by atoms with Gasteiger partial charge in [-0.25, -0.2) is 0 Å². The van der Waals surface area contributed by atoms with Crippen LogP contribution in [0.1, 0.15) is 11.1 Å². The van der Waals surface area contributed by atoms with Crippen molar-refractivity contribution in [1.82, 2.24) is 0 Å². The van der Waals surface area contributed by atoms with Crippen molar-refractivity contribution >= 4 is 23.3 Å². The number of hydrogen-bond donors (Lipinski definition) is 0. The van der Waals surface area contributed by atoms with Crippen molar-refractivity contribution in [2.45, 2.75) is 12.8 Å². The Morgan fingerprint density at radius 2 is 1.93 bits per heavy atom. The van der Waals surface area contributed by atoms with E-state index < -0.39 is 0 Å². The normalized spacial score (nSPS) is 14.6. The number of fused-ring (bicyclic) bond motifs is 1. The molecule has 0 saturated heterocycles. The van der Waals surface area contributed by atoms with E-state index in [1.165, 1.54) is 11.1 Å². The van der Waals surface area contributed by atoms with E-state index in [0.29, 0.717) is 0 Å². The first kappa shape index (κ1) is 9.25. The fourth-order valence-corrected chi connectivity index (χ4v) is 1.96. The second-order valence-corrected chi connectivity index (χ2v) is 3.60. The van der Waals surface area contributed by atoms with Gasteiger partial charge in [0.15, 0.2) is 0 Å². The van der Waals surface area contributed by atoms with E-state index in [0.717, 1.165) is 12.8 Å². The molecule has 0 aliphatic heterocycles. The maximum Gasteiger partial charge on any atom is 0.258 e. The van der Waals surface area contributed by atoms with E-state index in [2.05, 4.69) is 34.5 Å². The molecule has 2 nitrogen and oxygen atoms in total. The molecule has 1 aliphatic rings. The molecule has 0 fully saturated rings. The number of rotatable bonds is 1. The predicted octanol–water partition coefficient (Wildman–Crippen LogP) is 2.03. The number of carbonyl (C=O) groups excluding carboxylic acids is 1. The summed E-state index contributed by atoms with van der Waals surface area (Å²) >= 11 is 4.41. The van der Waals surface area contributed by atoms with Gasteiger partial charge in [-0.2, -0.15) is 4.99 Å². The fourth-order valence-electron chi connectivity index (χ4n) is 1.87. The molecule has 2 rings (SSSR count). The van der Waals surface area contributed by atoms with Crippen LogP contribution < -0.4 is 0 Å². The van der Waals surface area contributed by atoms with E-state index in [9.17, 15) is 4.79 Å². The van der Waals surface area contributed by atoms with Gasteiger partial charge < -0.3 is 0 Å². The molecule has 0 unspecified atom stereocenters. The summed E-state index contributed by atoms with van der Waals surface area (Å²) in [5.41, 5.74) is 2.51. The quantitative estimate of drug-likeness (QED) is 0.516. The smallest absolute Gasteiger partial charge is 0.258 e. The highest BCUT2D eigenvalue weighted by atomic mass is 32.1. The van der Waals surface area contributed by atoms with Crippen molar-refractivity contribution in [1.29, 1.82) is 0 Å². The largest absolute Gasteiger partial charge is 0.272 e. The highest BCUT2D eigenvalue weighted by Gasteiger charge is 2.26. The minimum absolute atomic E-state index is 0.0251. The molecule has 0 bridgehead atoms. The molecule has 0 saturated carbocycles. The molecule has 3 heteroatoms. The molecule has 14 heavy (non-hydrogen) atoms. The van der Waals surface area contributed by atoms with Crippen molar-refractivity contribution in [3.8, 4) is 0 Å². The minimum Gasteiger partial charge on any atom is -0.272 e. The number of aliphatic imine (C=N–C) groups is 1. The molecule has 0 N–H and O–H groups in total. The lowest BCUT2D eigenvalue weighted by Gasteiger charge is -1.99. The summed E-state index contributed by atoms with van der Waals surface area (Å²) in [7, 11) is 0. The van der Waals surface area contributed by atoms with Crippen LogP contribution >= 0.6 is 12.2 Å². The molecule has 1 aromatic carbocycles. The fraction of sp³-hybridized carbons (Fsp3) is 0.273. The Bertz CT molecular complexity index is 396. The van der Waals surface area contributed by atoms with Gasteiger partial charge in [0.05, 0.1) is 5.16 Å². The SMILES string of the molecule is O=C(N=C=S)C1Cc2ccccc2C1. The third-order valence-electron chi connectivity index (χ3n) is 2.56. The number of amides is 1. The van der Waals surface area contributed by atoms with Crippen LogP contribution in [0.25, 0.3) is 0 Å². The van der Waals surface area contributed by atoms with Gasteiger partial charge in [-0.15, -0.1) is 0 Å². The van der Waals surface area contributed by atoms with Crippen LogP contribution in [0, 0.1) is 5.92 Å². The Morgan fingerprint density at radius 1 is 1.36 bits per heavy atom. The maximum absolute atomic E-state index is 11.4. The van der Waals surface area contributed by atoms with Gasteiger partial charge in [-0.05, 0) is 36.2 Å². The Kier molecular flexibility index (Phi) is 2.53. The minimum atomic E-state index is -0.142. The molecular weight excluding hydrogens is 194 g/mol. The van der Waals surface area contributed by atoms with Crippen molar-refractivity contribution in [2.75, 3.05) is 0 Å². The lowest BCUT2D eigenvalue weighted by Crippen LogP contribution is -2.11. The Labute approximate surface area is 87.7 Å². The predicted molar refractivity (Wildman–Crippen MR) is 57.4 cm³/mol. The van der Waals surface area contributed by atoms with Crippen LogP contribution in [0.4, 0.5) is 0 Å². The highest BCUT2D eigenvalue weighted by molar-refractivity contribution is 7.78. The van der Waals surface area contributed by atoms with E-state index in [-0.39, 0.29) is 11.8 Å². The molecule has 1 aliphatic carbocycles. The number of hydrogen-bond acceptors (Lipinski definition) is 2. The molecule has 0 atom stereocenters. The Balaban J connectivity index is 2.19. The summed E-state index contributed by atoms with van der Waals surface area (Å²) in [6.45, 7) is 0. The topological polar surface area (TPSA) is 29.4 Å². The number of carbonyl (C=O) groups is 1. The van der Waals surface area contributed by atoms with Crippen molar-refractivity contribution in [3.05, 3.63) is 35.4 Å². The average Bonchev–Trinajstić information content (AvgIpc) is 2.61. The molecule has 0 radical (unpaired) electrons. The lowest BCUT2D eigenvalue weighted by molar-refractivity contribution is -0.121. The van der Waals surface area contributed by atoms with Gasteiger partial charge in [0.25, 0.3) is 5.91 Å². The number of thiocarbonyl (C=S) groups is 1. The standard InChI is InChI=1S/C11H9NOS/c13-11(12-7-14)10-5-8-3-1-2-4-9(8)6-10/h1-4,10H,5-6H2. The van der Waals surface area contributed by atoms with E-state index in [4.69, 9.17) is 0 Å². The van der Waals surface area contributed by atoms with Crippen molar-refractivity contribution < 1.29 is 4.79 Å². The summed E-state index contributed by atoms with van der Waals surface area (Å²) < 4.78 is 0. The zero-order valence-corrected chi connectivity index (χ0v) is 8.38.